The second-order valence-electron chi connectivity index (χ2n) is 8.14. The predicted molar refractivity (Wildman–Crippen MR) is 122 cm³/mol. The molecule has 0 saturated carbocycles. The molecule has 0 N–H and O–H groups in total. The Labute approximate surface area is 202 Å². The Morgan fingerprint density at radius 3 is 1.81 bits per heavy atom. The van der Waals surface area contributed by atoms with Gasteiger partial charge in [0.1, 0.15) is 0 Å². The summed E-state index contributed by atoms with van der Waals surface area (Å²) in [6, 6.07) is 14.4. The Morgan fingerprint density at radius 1 is 0.639 bits per heavy atom. The zero-order chi connectivity index (χ0) is 26.0. The Kier molecular flexibility index (Phi) is 7.06. The largest absolute Gasteiger partial charge is 0.426 e. The highest BCUT2D eigenvalue weighted by Gasteiger charge is 2.36. The summed E-state index contributed by atoms with van der Waals surface area (Å²) in [5.41, 5.74) is 0.619. The Bertz CT molecular complexity index is 1360. The van der Waals surface area contributed by atoms with Crippen molar-refractivity contribution in [1.82, 2.24) is 0 Å². The van der Waals surface area contributed by atoms with Gasteiger partial charge in [0.25, 0.3) is 0 Å². The van der Waals surface area contributed by atoms with Gasteiger partial charge in [-0.05, 0) is 65.1 Å². The van der Waals surface area contributed by atoms with Gasteiger partial charge in [-0.25, -0.2) is 17.6 Å². The zero-order valence-corrected chi connectivity index (χ0v) is 18.9. The van der Waals surface area contributed by atoms with Gasteiger partial charge in [-0.15, -0.1) is 0 Å². The molecule has 8 heteroatoms. The lowest BCUT2D eigenvalue weighted by atomic mass is 9.99. The number of hydrogen-bond acceptors (Lipinski definition) is 1. The Balaban J connectivity index is 1.58. The highest BCUT2D eigenvalue weighted by molar-refractivity contribution is 5.71. The summed E-state index contributed by atoms with van der Waals surface area (Å²) in [7, 11) is 0. The number of ether oxygens (including phenoxy) is 1. The molecule has 0 unspecified atom stereocenters. The van der Waals surface area contributed by atoms with Crippen LogP contribution in [0.15, 0.2) is 72.8 Å². The van der Waals surface area contributed by atoms with E-state index in [9.17, 15) is 30.7 Å². The lowest BCUT2D eigenvalue weighted by molar-refractivity contribution is -0.187. The number of hydrogen-bond donors (Lipinski definition) is 0. The molecule has 36 heavy (non-hydrogen) atoms. The monoisotopic (exact) mass is 504 g/mol. The van der Waals surface area contributed by atoms with Gasteiger partial charge in [0, 0.05) is 5.56 Å². The molecule has 0 aliphatic carbocycles. The molecule has 0 aromatic heterocycles. The quantitative estimate of drug-likeness (QED) is 0.181. The van der Waals surface area contributed by atoms with Gasteiger partial charge < -0.3 is 4.74 Å². The number of aryl methyl sites for hydroxylation is 1. The van der Waals surface area contributed by atoms with E-state index in [4.69, 9.17) is 0 Å². The van der Waals surface area contributed by atoms with Crippen LogP contribution in [0.4, 0.5) is 30.7 Å². The van der Waals surface area contributed by atoms with Crippen molar-refractivity contribution in [2.24, 2.45) is 0 Å². The fourth-order valence-corrected chi connectivity index (χ4v) is 3.75. The maximum absolute atomic E-state index is 14.8. The second-order valence-corrected chi connectivity index (χ2v) is 8.14. The van der Waals surface area contributed by atoms with Gasteiger partial charge in [0.2, 0.25) is 5.82 Å². The Hall–Kier alpha value is -3.81. The number of halogens is 7. The van der Waals surface area contributed by atoms with Crippen LogP contribution in [-0.2, 0) is 12.5 Å². The third kappa shape index (κ3) is 5.08. The van der Waals surface area contributed by atoms with Gasteiger partial charge in [-0.3, -0.25) is 0 Å². The van der Waals surface area contributed by atoms with Gasteiger partial charge in [0.15, 0.2) is 29.0 Å². The van der Waals surface area contributed by atoms with Crippen molar-refractivity contribution in [3.63, 3.8) is 0 Å². The van der Waals surface area contributed by atoms with Crippen molar-refractivity contribution in [2.75, 3.05) is 0 Å². The third-order valence-corrected chi connectivity index (χ3v) is 5.63. The summed E-state index contributed by atoms with van der Waals surface area (Å²) in [5, 5.41) is 0. The van der Waals surface area contributed by atoms with Crippen LogP contribution < -0.4 is 4.74 Å². The van der Waals surface area contributed by atoms with Crippen LogP contribution >= 0.6 is 0 Å². The first-order valence-corrected chi connectivity index (χ1v) is 11.0. The molecule has 4 rings (SSSR count). The first-order valence-electron chi connectivity index (χ1n) is 11.0. The number of alkyl halides is 2. The minimum atomic E-state index is -3.90. The van der Waals surface area contributed by atoms with Crippen molar-refractivity contribution in [3.8, 4) is 28.0 Å². The van der Waals surface area contributed by atoms with E-state index in [0.29, 0.717) is 12.0 Å². The van der Waals surface area contributed by atoms with Gasteiger partial charge in [0.05, 0.1) is 5.56 Å². The van der Waals surface area contributed by atoms with E-state index < -0.39 is 46.5 Å². The number of benzene rings is 4. The summed E-state index contributed by atoms with van der Waals surface area (Å²) in [5.74, 6) is -8.31. The van der Waals surface area contributed by atoms with Crippen LogP contribution in [0.3, 0.4) is 0 Å². The average Bonchev–Trinajstić information content (AvgIpc) is 2.86. The van der Waals surface area contributed by atoms with Crippen LogP contribution in [-0.4, -0.2) is 0 Å². The van der Waals surface area contributed by atoms with E-state index >= 15 is 0 Å². The van der Waals surface area contributed by atoms with Crippen LogP contribution in [0, 0.1) is 29.1 Å². The smallest absolute Gasteiger partial charge is 0.426 e. The second kappa shape index (κ2) is 10.0. The third-order valence-electron chi connectivity index (χ3n) is 5.63. The highest BCUT2D eigenvalue weighted by atomic mass is 19.3. The molecule has 0 aliphatic rings. The molecule has 4 aromatic carbocycles. The SMILES string of the molecule is CCCc1ccc(C(F)(F)Oc2ccc(-c3ccc(-c4cc(F)c(F)c(F)c4)cc3)c(F)c2F)cc1. The van der Waals surface area contributed by atoms with Crippen LogP contribution in [0.5, 0.6) is 5.75 Å². The maximum Gasteiger partial charge on any atom is 0.426 e. The van der Waals surface area contributed by atoms with Crippen molar-refractivity contribution >= 4 is 0 Å². The molecule has 0 atom stereocenters. The molecule has 0 fully saturated rings. The molecule has 0 saturated heterocycles. The minimum Gasteiger partial charge on any atom is -0.426 e. The lowest BCUT2D eigenvalue weighted by Gasteiger charge is -2.19. The normalized spacial score (nSPS) is 11.6. The molecular weight excluding hydrogens is 485 g/mol. The van der Waals surface area contributed by atoms with Crippen molar-refractivity contribution in [2.45, 2.75) is 25.9 Å². The standard InChI is InChI=1S/C28H19F7O/c1-2-3-16-4-10-20(11-5-16)28(34,35)36-24-13-12-21(25(31)27(24)33)18-8-6-17(7-9-18)19-14-22(29)26(32)23(30)15-19/h4-15H,2-3H2,1H3. The van der Waals surface area contributed by atoms with E-state index in [-0.39, 0.29) is 16.7 Å². The summed E-state index contributed by atoms with van der Waals surface area (Å²) in [6.45, 7) is 1.95. The fourth-order valence-electron chi connectivity index (χ4n) is 3.75. The average molecular weight is 504 g/mol. The topological polar surface area (TPSA) is 9.23 Å². The van der Waals surface area contributed by atoms with E-state index in [1.165, 1.54) is 48.5 Å². The predicted octanol–water partition coefficient (Wildman–Crippen LogP) is 8.80. The van der Waals surface area contributed by atoms with Gasteiger partial charge in [-0.2, -0.15) is 13.2 Å². The zero-order valence-electron chi connectivity index (χ0n) is 18.9. The van der Waals surface area contributed by atoms with Crippen LogP contribution in [0.25, 0.3) is 22.3 Å². The highest BCUT2D eigenvalue weighted by Crippen LogP contribution is 2.37. The molecule has 4 aromatic rings. The summed E-state index contributed by atoms with van der Waals surface area (Å²) < 4.78 is 103. The van der Waals surface area contributed by atoms with Crippen LogP contribution in [0.2, 0.25) is 0 Å². The first kappa shape index (κ1) is 25.3. The molecule has 0 amide bonds. The maximum atomic E-state index is 14.8. The first-order chi connectivity index (χ1) is 17.1. The molecule has 0 spiro atoms. The van der Waals surface area contributed by atoms with Gasteiger partial charge >= 0.3 is 6.11 Å². The molecular formula is C28H19F7O. The lowest BCUT2D eigenvalue weighted by Crippen LogP contribution is -2.22. The molecule has 1 nitrogen and oxygen atoms in total. The van der Waals surface area contributed by atoms with Crippen LogP contribution in [0.1, 0.15) is 24.5 Å². The van der Waals surface area contributed by atoms with E-state index in [1.807, 2.05) is 6.92 Å². The van der Waals surface area contributed by atoms with E-state index in [1.54, 1.807) is 0 Å². The Morgan fingerprint density at radius 2 is 1.22 bits per heavy atom. The van der Waals surface area contributed by atoms with Crippen molar-refractivity contribution in [3.05, 3.63) is 113 Å². The molecule has 0 heterocycles. The molecule has 0 bridgehead atoms. The molecule has 0 radical (unpaired) electrons. The summed E-state index contributed by atoms with van der Waals surface area (Å²) in [4.78, 5) is 0. The van der Waals surface area contributed by atoms with Gasteiger partial charge in [-0.1, -0.05) is 49.7 Å². The molecule has 186 valence electrons. The van der Waals surface area contributed by atoms with Crippen molar-refractivity contribution in [1.29, 1.82) is 0 Å². The minimum absolute atomic E-state index is 0.0401. The molecule has 0 aliphatic heterocycles. The summed E-state index contributed by atoms with van der Waals surface area (Å²) in [6.07, 6.45) is -2.34. The van der Waals surface area contributed by atoms with E-state index in [2.05, 4.69) is 4.74 Å². The summed E-state index contributed by atoms with van der Waals surface area (Å²) >= 11 is 0. The van der Waals surface area contributed by atoms with Crippen molar-refractivity contribution < 1.29 is 35.5 Å². The van der Waals surface area contributed by atoms with E-state index in [0.717, 1.165) is 36.2 Å². The fraction of sp³-hybridized carbons (Fsp3) is 0.143. The number of rotatable bonds is 7.